The molecular weight excluding hydrogens is 326 g/mol. The van der Waals surface area contributed by atoms with E-state index in [1.807, 2.05) is 24.3 Å². The number of hydrogen-bond acceptors (Lipinski definition) is 2. The number of benzene rings is 1. The Kier molecular flexibility index (Phi) is 4.76. The first-order valence-corrected chi connectivity index (χ1v) is 9.44. The highest BCUT2D eigenvalue weighted by molar-refractivity contribution is 5.94. The second-order valence-corrected chi connectivity index (χ2v) is 9.40. The van der Waals surface area contributed by atoms with E-state index in [-0.39, 0.29) is 17.4 Å². The van der Waals surface area contributed by atoms with Crippen LogP contribution in [0.2, 0.25) is 0 Å². The zero-order valence-corrected chi connectivity index (χ0v) is 16.6. The van der Waals surface area contributed by atoms with Gasteiger partial charge in [-0.1, -0.05) is 32.9 Å². The van der Waals surface area contributed by atoms with Crippen LogP contribution in [0, 0.1) is 10.8 Å². The average Bonchev–Trinajstić information content (AvgIpc) is 2.81. The summed E-state index contributed by atoms with van der Waals surface area (Å²) < 4.78 is 0. The number of hydrogen-bond donors (Lipinski definition) is 1. The molecule has 3 rings (SSSR count). The third kappa shape index (κ3) is 3.87. The van der Waals surface area contributed by atoms with Crippen molar-refractivity contribution >= 4 is 11.9 Å². The standard InChI is InChI=1S/C21H31N3O2/c1-20(2)10-17-11-21(3,13-20)14-24(17)18(25)16-8-6-15(7-9-16)12-22-19(26)23(4)5/h6-9,17H,10-14H2,1-5H3,(H,22,26). The molecule has 1 aliphatic carbocycles. The van der Waals surface area contributed by atoms with E-state index in [1.54, 1.807) is 14.1 Å². The van der Waals surface area contributed by atoms with Gasteiger partial charge in [0.15, 0.2) is 0 Å². The summed E-state index contributed by atoms with van der Waals surface area (Å²) in [4.78, 5) is 28.3. The molecule has 0 spiro atoms. The van der Waals surface area contributed by atoms with Crippen molar-refractivity contribution in [3.05, 3.63) is 35.4 Å². The van der Waals surface area contributed by atoms with Crippen LogP contribution in [0.15, 0.2) is 24.3 Å². The van der Waals surface area contributed by atoms with Gasteiger partial charge in [0.25, 0.3) is 5.91 Å². The van der Waals surface area contributed by atoms with Gasteiger partial charge in [-0.25, -0.2) is 4.79 Å². The Labute approximate surface area is 156 Å². The van der Waals surface area contributed by atoms with Gasteiger partial charge >= 0.3 is 6.03 Å². The highest BCUT2D eigenvalue weighted by Gasteiger charge is 2.50. The predicted molar refractivity (Wildman–Crippen MR) is 103 cm³/mol. The third-order valence-electron chi connectivity index (χ3n) is 5.73. The highest BCUT2D eigenvalue weighted by atomic mass is 16.2. The number of carbonyl (C=O) groups excluding carboxylic acids is 2. The summed E-state index contributed by atoms with van der Waals surface area (Å²) in [5.74, 6) is 0.139. The van der Waals surface area contributed by atoms with Gasteiger partial charge in [-0.2, -0.15) is 0 Å². The molecule has 3 amide bonds. The van der Waals surface area contributed by atoms with Crippen LogP contribution >= 0.6 is 0 Å². The van der Waals surface area contributed by atoms with Crippen molar-refractivity contribution in [1.29, 1.82) is 0 Å². The molecule has 26 heavy (non-hydrogen) atoms. The average molecular weight is 357 g/mol. The van der Waals surface area contributed by atoms with Crippen LogP contribution in [-0.4, -0.2) is 48.4 Å². The maximum atomic E-state index is 13.1. The van der Waals surface area contributed by atoms with E-state index < -0.39 is 0 Å². The van der Waals surface area contributed by atoms with Gasteiger partial charge in [0.2, 0.25) is 0 Å². The highest BCUT2D eigenvalue weighted by Crippen LogP contribution is 2.52. The van der Waals surface area contributed by atoms with Crippen molar-refractivity contribution in [2.24, 2.45) is 10.8 Å². The van der Waals surface area contributed by atoms with Crippen LogP contribution in [0.5, 0.6) is 0 Å². The summed E-state index contributed by atoms with van der Waals surface area (Å²) in [5.41, 5.74) is 2.28. The molecule has 1 saturated heterocycles. The molecule has 1 N–H and O–H groups in total. The lowest BCUT2D eigenvalue weighted by molar-refractivity contribution is 0.0708. The number of nitrogens with one attached hydrogen (secondary N) is 1. The molecule has 1 saturated carbocycles. The quantitative estimate of drug-likeness (QED) is 0.900. The van der Waals surface area contributed by atoms with Gasteiger partial charge < -0.3 is 15.1 Å². The van der Waals surface area contributed by atoms with E-state index in [1.165, 1.54) is 11.3 Å². The molecule has 5 nitrogen and oxygen atoms in total. The number of amides is 3. The van der Waals surface area contributed by atoms with Crippen LogP contribution in [-0.2, 0) is 6.54 Å². The maximum Gasteiger partial charge on any atom is 0.317 e. The summed E-state index contributed by atoms with van der Waals surface area (Å²) in [6.45, 7) is 8.29. The Hall–Kier alpha value is -2.04. The van der Waals surface area contributed by atoms with Crippen LogP contribution in [0.3, 0.4) is 0 Å². The van der Waals surface area contributed by atoms with Gasteiger partial charge in [-0.15, -0.1) is 0 Å². The second kappa shape index (κ2) is 6.60. The fraction of sp³-hybridized carbons (Fsp3) is 0.619. The molecule has 2 fully saturated rings. The van der Waals surface area contributed by atoms with Crippen LogP contribution in [0.4, 0.5) is 4.79 Å². The number of fused-ring (bicyclic) bond motifs is 2. The second-order valence-electron chi connectivity index (χ2n) is 9.40. The molecule has 1 aliphatic heterocycles. The first-order valence-electron chi connectivity index (χ1n) is 9.44. The molecule has 2 aliphatic rings. The van der Waals surface area contributed by atoms with Crippen molar-refractivity contribution in [1.82, 2.24) is 15.1 Å². The van der Waals surface area contributed by atoms with Crippen LogP contribution < -0.4 is 5.32 Å². The molecular formula is C21H31N3O2. The van der Waals surface area contributed by atoms with E-state index in [9.17, 15) is 9.59 Å². The minimum atomic E-state index is -0.120. The Morgan fingerprint density at radius 3 is 2.42 bits per heavy atom. The molecule has 142 valence electrons. The summed E-state index contributed by atoms with van der Waals surface area (Å²) in [6.07, 6.45) is 3.39. The molecule has 2 bridgehead atoms. The van der Waals surface area contributed by atoms with Crippen molar-refractivity contribution in [2.75, 3.05) is 20.6 Å². The van der Waals surface area contributed by atoms with E-state index in [0.717, 1.165) is 30.5 Å². The normalized spacial score (nSPS) is 26.5. The maximum absolute atomic E-state index is 13.1. The van der Waals surface area contributed by atoms with E-state index in [4.69, 9.17) is 0 Å². The third-order valence-corrected chi connectivity index (χ3v) is 5.73. The summed E-state index contributed by atoms with van der Waals surface area (Å²) in [7, 11) is 3.43. The predicted octanol–water partition coefficient (Wildman–Crippen LogP) is 3.50. The van der Waals surface area contributed by atoms with Gasteiger partial charge in [0, 0.05) is 38.8 Å². The zero-order chi connectivity index (χ0) is 19.1. The smallest absolute Gasteiger partial charge is 0.317 e. The van der Waals surface area contributed by atoms with Gasteiger partial charge in [0.1, 0.15) is 0 Å². The fourth-order valence-corrected chi connectivity index (χ4v) is 4.96. The van der Waals surface area contributed by atoms with Crippen molar-refractivity contribution in [3.8, 4) is 0 Å². The molecule has 2 atom stereocenters. The van der Waals surface area contributed by atoms with E-state index in [0.29, 0.717) is 18.0 Å². The Morgan fingerprint density at radius 1 is 1.15 bits per heavy atom. The van der Waals surface area contributed by atoms with E-state index >= 15 is 0 Å². The monoisotopic (exact) mass is 357 g/mol. The first kappa shape index (κ1) is 18.7. The lowest BCUT2D eigenvalue weighted by Crippen LogP contribution is -2.37. The lowest BCUT2D eigenvalue weighted by atomic mass is 9.65. The van der Waals surface area contributed by atoms with Crippen molar-refractivity contribution < 1.29 is 9.59 Å². The molecule has 2 unspecified atom stereocenters. The largest absolute Gasteiger partial charge is 0.335 e. The zero-order valence-electron chi connectivity index (χ0n) is 16.6. The number of nitrogens with zero attached hydrogens (tertiary/aromatic N) is 2. The molecule has 1 aromatic rings. The van der Waals surface area contributed by atoms with Gasteiger partial charge in [-0.05, 0) is 47.8 Å². The van der Waals surface area contributed by atoms with Crippen molar-refractivity contribution in [2.45, 2.75) is 52.6 Å². The molecule has 5 heteroatoms. The topological polar surface area (TPSA) is 52.7 Å². The van der Waals surface area contributed by atoms with Gasteiger partial charge in [0.05, 0.1) is 0 Å². The number of rotatable bonds is 3. The Bertz CT molecular complexity index is 696. The summed E-state index contributed by atoms with van der Waals surface area (Å²) >= 11 is 0. The molecule has 0 aromatic heterocycles. The first-order chi connectivity index (χ1) is 12.1. The summed E-state index contributed by atoms with van der Waals surface area (Å²) in [5, 5.41) is 2.84. The Balaban J connectivity index is 1.66. The number of likely N-dealkylation sites (tertiary alicyclic amines) is 1. The molecule has 1 aromatic carbocycles. The van der Waals surface area contributed by atoms with Crippen LogP contribution in [0.1, 0.15) is 56.0 Å². The minimum Gasteiger partial charge on any atom is -0.335 e. The molecule has 1 heterocycles. The van der Waals surface area contributed by atoms with Crippen molar-refractivity contribution in [3.63, 3.8) is 0 Å². The van der Waals surface area contributed by atoms with E-state index in [2.05, 4.69) is 31.0 Å². The fourth-order valence-electron chi connectivity index (χ4n) is 4.96. The number of urea groups is 1. The Morgan fingerprint density at radius 2 is 1.81 bits per heavy atom. The molecule has 0 radical (unpaired) electrons. The van der Waals surface area contributed by atoms with Crippen LogP contribution in [0.25, 0.3) is 0 Å². The summed E-state index contributed by atoms with van der Waals surface area (Å²) in [6, 6.07) is 7.86. The SMILES string of the molecule is CN(C)C(=O)NCc1ccc(C(=O)N2CC3(C)CC2CC(C)(C)C3)cc1. The van der Waals surface area contributed by atoms with Gasteiger partial charge in [-0.3, -0.25) is 4.79 Å². The lowest BCUT2D eigenvalue weighted by Gasteiger charge is -2.39. The minimum absolute atomic E-state index is 0.120. The number of carbonyl (C=O) groups is 2.